The number of hydrogen-bond acceptors (Lipinski definition) is 3. The number of esters is 1. The number of methoxy groups -OCH3 is 1. The first-order chi connectivity index (χ1) is 12.3. The van der Waals surface area contributed by atoms with E-state index in [1.807, 2.05) is 12.1 Å². The molecule has 3 rings (SSSR count). The zero-order chi connectivity index (χ0) is 19.0. The SMILES string of the molecule is COC(=O)c1cccc(C2CC(C)N(c3ccc(Cl)c(Cl)c3)C2C)c1F. The average molecular weight is 396 g/mol. The Morgan fingerprint density at radius 2 is 1.92 bits per heavy atom. The van der Waals surface area contributed by atoms with Gasteiger partial charge < -0.3 is 9.64 Å². The number of nitrogens with zero attached hydrogens (tertiary/aromatic N) is 1. The quantitative estimate of drug-likeness (QED) is 0.625. The predicted molar refractivity (Wildman–Crippen MR) is 103 cm³/mol. The summed E-state index contributed by atoms with van der Waals surface area (Å²) in [4.78, 5) is 14.0. The molecular weight excluding hydrogens is 376 g/mol. The molecule has 0 aromatic heterocycles. The molecule has 3 atom stereocenters. The number of carbonyl (C=O) groups excluding carboxylic acids is 1. The molecule has 0 radical (unpaired) electrons. The minimum Gasteiger partial charge on any atom is -0.465 e. The third-order valence-corrected chi connectivity index (χ3v) is 5.86. The van der Waals surface area contributed by atoms with Gasteiger partial charge in [-0.1, -0.05) is 35.3 Å². The van der Waals surface area contributed by atoms with Gasteiger partial charge in [0.05, 0.1) is 22.7 Å². The number of carbonyl (C=O) groups is 1. The molecule has 0 N–H and O–H groups in total. The van der Waals surface area contributed by atoms with Crippen LogP contribution < -0.4 is 4.90 Å². The number of hydrogen-bond donors (Lipinski definition) is 0. The smallest absolute Gasteiger partial charge is 0.340 e. The number of rotatable bonds is 3. The largest absolute Gasteiger partial charge is 0.465 e. The molecule has 0 amide bonds. The van der Waals surface area contributed by atoms with Gasteiger partial charge >= 0.3 is 5.97 Å². The second-order valence-corrected chi connectivity index (χ2v) is 7.45. The van der Waals surface area contributed by atoms with Gasteiger partial charge in [0, 0.05) is 23.7 Å². The van der Waals surface area contributed by atoms with Crippen LogP contribution in [0.1, 0.15) is 42.1 Å². The molecule has 3 nitrogen and oxygen atoms in total. The van der Waals surface area contributed by atoms with Gasteiger partial charge in [0.15, 0.2) is 0 Å². The summed E-state index contributed by atoms with van der Waals surface area (Å²) >= 11 is 12.2. The van der Waals surface area contributed by atoms with Crippen LogP contribution in [-0.4, -0.2) is 25.2 Å². The number of ether oxygens (including phenoxy) is 1. The Balaban J connectivity index is 1.96. The van der Waals surface area contributed by atoms with Crippen molar-refractivity contribution in [3.05, 3.63) is 63.4 Å². The number of benzene rings is 2. The van der Waals surface area contributed by atoms with E-state index in [2.05, 4.69) is 23.5 Å². The van der Waals surface area contributed by atoms with Gasteiger partial charge in [0.2, 0.25) is 0 Å². The lowest BCUT2D eigenvalue weighted by atomic mass is 9.90. The minimum absolute atomic E-state index is 0.0298. The van der Waals surface area contributed by atoms with Gasteiger partial charge in [-0.15, -0.1) is 0 Å². The molecular formula is C20H20Cl2FNO2. The number of halogens is 3. The molecule has 1 aliphatic heterocycles. The molecule has 2 aromatic rings. The van der Waals surface area contributed by atoms with Crippen molar-refractivity contribution in [1.29, 1.82) is 0 Å². The van der Waals surface area contributed by atoms with Crippen LogP contribution >= 0.6 is 23.2 Å². The van der Waals surface area contributed by atoms with Gasteiger partial charge in [0.1, 0.15) is 5.82 Å². The van der Waals surface area contributed by atoms with Crippen molar-refractivity contribution in [1.82, 2.24) is 0 Å². The van der Waals surface area contributed by atoms with E-state index < -0.39 is 11.8 Å². The predicted octanol–water partition coefficient (Wildman–Crippen LogP) is 5.69. The molecule has 1 aliphatic rings. The van der Waals surface area contributed by atoms with Gasteiger partial charge in [-0.05, 0) is 50.1 Å². The van der Waals surface area contributed by atoms with E-state index in [1.54, 1.807) is 18.2 Å². The second kappa shape index (κ2) is 7.45. The summed E-state index contributed by atoms with van der Waals surface area (Å²) in [6.45, 7) is 4.15. The highest BCUT2D eigenvalue weighted by Crippen LogP contribution is 2.42. The second-order valence-electron chi connectivity index (χ2n) is 6.64. The fourth-order valence-electron chi connectivity index (χ4n) is 3.90. The highest BCUT2D eigenvalue weighted by Gasteiger charge is 2.39. The molecule has 1 saturated heterocycles. The van der Waals surface area contributed by atoms with Crippen LogP contribution in [0.5, 0.6) is 0 Å². The van der Waals surface area contributed by atoms with Crippen LogP contribution in [-0.2, 0) is 4.74 Å². The lowest BCUT2D eigenvalue weighted by Crippen LogP contribution is -2.34. The van der Waals surface area contributed by atoms with E-state index in [4.69, 9.17) is 23.2 Å². The fraction of sp³-hybridized carbons (Fsp3) is 0.350. The zero-order valence-electron chi connectivity index (χ0n) is 14.8. The first-order valence-electron chi connectivity index (χ1n) is 8.45. The highest BCUT2D eigenvalue weighted by atomic mass is 35.5. The van der Waals surface area contributed by atoms with Crippen LogP contribution in [0.15, 0.2) is 36.4 Å². The van der Waals surface area contributed by atoms with Crippen LogP contribution in [0.25, 0.3) is 0 Å². The van der Waals surface area contributed by atoms with Crippen molar-refractivity contribution in [2.45, 2.75) is 38.3 Å². The maximum atomic E-state index is 15.0. The van der Waals surface area contributed by atoms with E-state index in [0.29, 0.717) is 15.6 Å². The van der Waals surface area contributed by atoms with Crippen LogP contribution in [0, 0.1) is 5.82 Å². The lowest BCUT2D eigenvalue weighted by Gasteiger charge is -2.30. The first-order valence-corrected chi connectivity index (χ1v) is 9.20. The molecule has 0 aliphatic carbocycles. The Morgan fingerprint density at radius 1 is 1.19 bits per heavy atom. The van der Waals surface area contributed by atoms with Crippen molar-refractivity contribution >= 4 is 34.9 Å². The molecule has 26 heavy (non-hydrogen) atoms. The lowest BCUT2D eigenvalue weighted by molar-refractivity contribution is 0.0595. The van der Waals surface area contributed by atoms with Gasteiger partial charge in [-0.25, -0.2) is 9.18 Å². The zero-order valence-corrected chi connectivity index (χ0v) is 16.3. The van der Waals surface area contributed by atoms with E-state index >= 15 is 0 Å². The normalized spacial score (nSPS) is 22.5. The van der Waals surface area contributed by atoms with E-state index in [1.165, 1.54) is 13.2 Å². The van der Waals surface area contributed by atoms with Gasteiger partial charge in [0.25, 0.3) is 0 Å². The Morgan fingerprint density at radius 3 is 2.58 bits per heavy atom. The van der Waals surface area contributed by atoms with Crippen molar-refractivity contribution in [3.8, 4) is 0 Å². The summed E-state index contributed by atoms with van der Waals surface area (Å²) < 4.78 is 19.6. The highest BCUT2D eigenvalue weighted by molar-refractivity contribution is 6.42. The molecule has 3 unspecified atom stereocenters. The summed E-state index contributed by atoms with van der Waals surface area (Å²) in [5.74, 6) is -1.21. The summed E-state index contributed by atoms with van der Waals surface area (Å²) in [5.41, 5.74) is 1.46. The summed E-state index contributed by atoms with van der Waals surface area (Å²) in [5, 5.41) is 0.995. The van der Waals surface area contributed by atoms with E-state index in [0.717, 1.165) is 12.1 Å². The molecule has 0 saturated carbocycles. The standard InChI is InChI=1S/C20H20Cl2FNO2/c1-11-9-16(14-5-4-6-15(19(14)23)20(25)26-3)12(2)24(11)13-7-8-17(21)18(22)10-13/h4-8,10-12,16H,9H2,1-3H3. The molecule has 138 valence electrons. The third-order valence-electron chi connectivity index (χ3n) is 5.13. The van der Waals surface area contributed by atoms with Crippen molar-refractivity contribution in [2.75, 3.05) is 12.0 Å². The molecule has 0 bridgehead atoms. The third kappa shape index (κ3) is 3.28. The first kappa shape index (κ1) is 19.0. The van der Waals surface area contributed by atoms with Gasteiger partial charge in [-0.3, -0.25) is 0 Å². The van der Waals surface area contributed by atoms with Crippen molar-refractivity contribution < 1.29 is 13.9 Å². The molecule has 1 fully saturated rings. The Bertz CT molecular complexity index is 843. The Kier molecular flexibility index (Phi) is 5.44. The van der Waals surface area contributed by atoms with Crippen molar-refractivity contribution in [3.63, 3.8) is 0 Å². The summed E-state index contributed by atoms with van der Waals surface area (Å²) in [6, 6.07) is 10.6. The maximum Gasteiger partial charge on any atom is 0.340 e. The van der Waals surface area contributed by atoms with Crippen LogP contribution in [0.2, 0.25) is 10.0 Å². The summed E-state index contributed by atoms with van der Waals surface area (Å²) in [6.07, 6.45) is 0.767. The van der Waals surface area contributed by atoms with Crippen molar-refractivity contribution in [2.24, 2.45) is 0 Å². The fourth-order valence-corrected chi connectivity index (χ4v) is 4.19. The molecule has 0 spiro atoms. The molecule has 1 heterocycles. The number of anilines is 1. The maximum absolute atomic E-state index is 15.0. The molecule has 6 heteroatoms. The topological polar surface area (TPSA) is 29.5 Å². The van der Waals surface area contributed by atoms with Gasteiger partial charge in [-0.2, -0.15) is 0 Å². The van der Waals surface area contributed by atoms with Crippen LogP contribution in [0.4, 0.5) is 10.1 Å². The van der Waals surface area contributed by atoms with E-state index in [-0.39, 0.29) is 23.6 Å². The van der Waals surface area contributed by atoms with E-state index in [9.17, 15) is 9.18 Å². The molecule has 2 aromatic carbocycles. The van der Waals surface area contributed by atoms with Crippen LogP contribution in [0.3, 0.4) is 0 Å². The monoisotopic (exact) mass is 395 g/mol. The summed E-state index contributed by atoms with van der Waals surface area (Å²) in [7, 11) is 1.25. The minimum atomic E-state index is -0.663. The Labute approximate surface area is 162 Å². The average Bonchev–Trinajstić information content (AvgIpc) is 2.91. The Hall–Kier alpha value is -1.78.